The maximum Gasteiger partial charge on any atom is 0.146 e. The molecule has 3 heteroatoms. The number of furan rings is 3. The van der Waals surface area contributed by atoms with Crippen LogP contribution in [0.3, 0.4) is 0 Å². The second-order valence-electron chi connectivity index (χ2n) is 11.2. The molecule has 200 valence electrons. The number of rotatable bonds is 2. The molecule has 7 aromatic carbocycles. The highest BCUT2D eigenvalue weighted by molar-refractivity contribution is 6.26. The van der Waals surface area contributed by atoms with Crippen molar-refractivity contribution in [2.24, 2.45) is 0 Å². The van der Waals surface area contributed by atoms with Crippen LogP contribution in [0.25, 0.3) is 98.6 Å². The van der Waals surface area contributed by atoms with Crippen LogP contribution in [-0.4, -0.2) is 0 Å². The van der Waals surface area contributed by atoms with Crippen LogP contribution in [0.2, 0.25) is 0 Å². The van der Waals surface area contributed by atoms with Crippen molar-refractivity contribution in [3.8, 4) is 22.3 Å². The molecule has 0 atom stereocenters. The predicted molar refractivity (Wildman–Crippen MR) is 177 cm³/mol. The van der Waals surface area contributed by atoms with E-state index in [0.29, 0.717) is 0 Å². The molecule has 0 unspecified atom stereocenters. The number of benzene rings is 7. The van der Waals surface area contributed by atoms with E-state index in [2.05, 4.69) is 103 Å². The molecule has 0 saturated heterocycles. The molecule has 10 aromatic rings. The Labute approximate surface area is 245 Å². The molecular formula is C40H22O3. The van der Waals surface area contributed by atoms with Crippen molar-refractivity contribution in [3.05, 3.63) is 134 Å². The van der Waals surface area contributed by atoms with Crippen LogP contribution in [0.1, 0.15) is 0 Å². The number of hydrogen-bond acceptors (Lipinski definition) is 3. The van der Waals surface area contributed by atoms with Crippen LogP contribution in [-0.2, 0) is 0 Å². The van der Waals surface area contributed by atoms with Gasteiger partial charge in [0.15, 0.2) is 0 Å². The normalized spacial score (nSPS) is 12.2. The van der Waals surface area contributed by atoms with Gasteiger partial charge in [-0.05, 0) is 86.3 Å². The molecule has 0 N–H and O–H groups in total. The Bertz CT molecular complexity index is 2680. The van der Waals surface area contributed by atoms with Gasteiger partial charge in [-0.3, -0.25) is 0 Å². The van der Waals surface area contributed by atoms with Crippen LogP contribution in [0, 0.1) is 0 Å². The lowest BCUT2D eigenvalue weighted by Gasteiger charge is -2.18. The van der Waals surface area contributed by atoms with E-state index in [1.54, 1.807) is 6.26 Å². The van der Waals surface area contributed by atoms with Crippen molar-refractivity contribution < 1.29 is 13.3 Å². The van der Waals surface area contributed by atoms with E-state index in [-0.39, 0.29) is 0 Å². The van der Waals surface area contributed by atoms with Gasteiger partial charge in [0.25, 0.3) is 0 Å². The molecular weight excluding hydrogens is 528 g/mol. The summed E-state index contributed by atoms with van der Waals surface area (Å²) in [5, 5.41) is 10.3. The van der Waals surface area contributed by atoms with Crippen LogP contribution >= 0.6 is 0 Å². The zero-order chi connectivity index (χ0) is 28.1. The molecule has 0 fully saturated rings. The summed E-state index contributed by atoms with van der Waals surface area (Å²) < 4.78 is 18.3. The third kappa shape index (κ3) is 3.08. The number of hydrogen-bond donors (Lipinski definition) is 0. The Morgan fingerprint density at radius 1 is 0.372 bits per heavy atom. The molecule has 0 radical (unpaired) electrons. The van der Waals surface area contributed by atoms with Gasteiger partial charge in [-0.1, -0.05) is 84.9 Å². The fraction of sp³-hybridized carbons (Fsp3) is 0. The predicted octanol–water partition coefficient (Wildman–Crippen LogP) is 11.9. The van der Waals surface area contributed by atoms with E-state index in [1.807, 2.05) is 24.3 Å². The molecule has 10 rings (SSSR count). The summed E-state index contributed by atoms with van der Waals surface area (Å²) in [6.45, 7) is 0. The number of para-hydroxylation sites is 1. The molecule has 3 aromatic heterocycles. The Morgan fingerprint density at radius 3 is 1.81 bits per heavy atom. The largest absolute Gasteiger partial charge is 0.464 e. The van der Waals surface area contributed by atoms with Crippen LogP contribution < -0.4 is 0 Å². The van der Waals surface area contributed by atoms with E-state index in [4.69, 9.17) is 13.3 Å². The molecule has 0 bridgehead atoms. The second-order valence-corrected chi connectivity index (χ2v) is 11.2. The molecule has 0 amide bonds. The molecule has 0 spiro atoms. The van der Waals surface area contributed by atoms with Crippen LogP contribution in [0.5, 0.6) is 0 Å². The first-order chi connectivity index (χ1) is 21.3. The minimum atomic E-state index is 0.833. The standard InChI is InChI=1S/C40H22O3/c1-3-10-26-24(8-1)37(23-16-18-35-32(22-23)28-17-19-33-30(20-21-41-33)40(28)43-35)25-9-2-4-11-27(25)38(26)31-13-7-15-36-39(31)29-12-5-6-14-34(29)42-36/h1-22H. The smallest absolute Gasteiger partial charge is 0.146 e. The van der Waals surface area contributed by atoms with E-state index in [1.165, 1.54) is 38.2 Å². The highest BCUT2D eigenvalue weighted by Gasteiger charge is 2.21. The summed E-state index contributed by atoms with van der Waals surface area (Å²) in [5.74, 6) is 0. The van der Waals surface area contributed by atoms with Gasteiger partial charge in [0.2, 0.25) is 0 Å². The fourth-order valence-electron chi connectivity index (χ4n) is 7.15. The summed E-state index contributed by atoms with van der Waals surface area (Å²) in [5.41, 5.74) is 9.17. The topological polar surface area (TPSA) is 39.4 Å². The average molecular weight is 551 g/mol. The summed E-state index contributed by atoms with van der Waals surface area (Å²) >= 11 is 0. The van der Waals surface area contributed by atoms with E-state index >= 15 is 0 Å². The van der Waals surface area contributed by atoms with E-state index < -0.39 is 0 Å². The van der Waals surface area contributed by atoms with Gasteiger partial charge in [-0.15, -0.1) is 0 Å². The third-order valence-electron chi connectivity index (χ3n) is 8.96. The summed E-state index contributed by atoms with van der Waals surface area (Å²) in [6.07, 6.45) is 1.72. The van der Waals surface area contributed by atoms with Crippen molar-refractivity contribution in [2.45, 2.75) is 0 Å². The molecule has 0 saturated carbocycles. The van der Waals surface area contributed by atoms with Crippen LogP contribution in [0.15, 0.2) is 147 Å². The fourth-order valence-corrected chi connectivity index (χ4v) is 7.15. The molecule has 43 heavy (non-hydrogen) atoms. The molecule has 0 aliphatic carbocycles. The highest BCUT2D eigenvalue weighted by atomic mass is 16.3. The first kappa shape index (κ1) is 22.8. The Balaban J connectivity index is 1.33. The zero-order valence-electron chi connectivity index (χ0n) is 22.9. The lowest BCUT2D eigenvalue weighted by atomic mass is 9.84. The molecule has 0 aliphatic heterocycles. The molecule has 0 aliphatic rings. The van der Waals surface area contributed by atoms with Gasteiger partial charge >= 0.3 is 0 Å². The van der Waals surface area contributed by atoms with Gasteiger partial charge < -0.3 is 13.3 Å². The van der Waals surface area contributed by atoms with Gasteiger partial charge in [-0.2, -0.15) is 0 Å². The number of fused-ring (bicyclic) bond motifs is 10. The Morgan fingerprint density at radius 2 is 1.02 bits per heavy atom. The van der Waals surface area contributed by atoms with E-state index in [9.17, 15) is 0 Å². The Hall–Kier alpha value is -5.80. The second kappa shape index (κ2) is 8.37. The maximum atomic E-state index is 6.37. The van der Waals surface area contributed by atoms with Crippen molar-refractivity contribution >= 4 is 76.4 Å². The zero-order valence-corrected chi connectivity index (χ0v) is 22.9. The van der Waals surface area contributed by atoms with Gasteiger partial charge in [0.1, 0.15) is 27.9 Å². The summed E-state index contributed by atoms with van der Waals surface area (Å²) in [4.78, 5) is 0. The Kier molecular flexibility index (Phi) is 4.45. The van der Waals surface area contributed by atoms with Crippen molar-refractivity contribution in [1.82, 2.24) is 0 Å². The highest BCUT2D eigenvalue weighted by Crippen LogP contribution is 2.47. The van der Waals surface area contributed by atoms with Crippen LogP contribution in [0.4, 0.5) is 0 Å². The SMILES string of the molecule is c1ccc2c(c1)oc1cccc(-c3c4ccccc4c(-c4ccc5oc6c7ccoc7ccc6c5c4)c4ccccc34)c12. The van der Waals surface area contributed by atoms with Crippen molar-refractivity contribution in [1.29, 1.82) is 0 Å². The van der Waals surface area contributed by atoms with Gasteiger partial charge in [0.05, 0.1) is 11.6 Å². The van der Waals surface area contributed by atoms with Crippen molar-refractivity contribution in [2.75, 3.05) is 0 Å². The first-order valence-electron chi connectivity index (χ1n) is 14.5. The van der Waals surface area contributed by atoms with E-state index in [0.717, 1.165) is 60.4 Å². The lowest BCUT2D eigenvalue weighted by Crippen LogP contribution is -1.91. The minimum Gasteiger partial charge on any atom is -0.464 e. The monoisotopic (exact) mass is 550 g/mol. The first-order valence-corrected chi connectivity index (χ1v) is 14.5. The molecule has 3 nitrogen and oxygen atoms in total. The summed E-state index contributed by atoms with van der Waals surface area (Å²) in [6, 6.07) is 45.0. The third-order valence-corrected chi connectivity index (χ3v) is 8.96. The summed E-state index contributed by atoms with van der Waals surface area (Å²) in [7, 11) is 0. The lowest BCUT2D eigenvalue weighted by molar-refractivity contribution is 0.615. The molecule has 3 heterocycles. The van der Waals surface area contributed by atoms with Gasteiger partial charge in [-0.25, -0.2) is 0 Å². The van der Waals surface area contributed by atoms with Crippen molar-refractivity contribution in [3.63, 3.8) is 0 Å². The van der Waals surface area contributed by atoms with Gasteiger partial charge in [0, 0.05) is 21.5 Å². The maximum absolute atomic E-state index is 6.37. The quantitative estimate of drug-likeness (QED) is 0.201. The average Bonchev–Trinajstić information content (AvgIpc) is 3.78. The minimum absolute atomic E-state index is 0.833.